The molecule has 0 radical (unpaired) electrons. The fourth-order valence-electron chi connectivity index (χ4n) is 5.91. The third kappa shape index (κ3) is 5.52. The van der Waals surface area contributed by atoms with E-state index < -0.39 is 0 Å². The number of quaternary nitrogens is 1. The molecule has 0 aromatic heterocycles. The molecule has 0 bridgehead atoms. The molecule has 0 aromatic rings. The number of hydroxylamine groups is 4. The summed E-state index contributed by atoms with van der Waals surface area (Å²) in [5.74, 6) is 0. The third-order valence-electron chi connectivity index (χ3n) is 7.44. The van der Waals surface area contributed by atoms with Crippen LogP contribution in [0.15, 0.2) is 0 Å². The molecule has 2 heterocycles. The van der Waals surface area contributed by atoms with Crippen LogP contribution in [0.1, 0.15) is 87.5 Å². The SMILES string of the molecule is CC1(C)CC(OCCC[N+](C)(C)C2CC(C)(C)N(O)C(C)(C)C2)CC(C)(C)N1O. The molecule has 2 aliphatic heterocycles. The van der Waals surface area contributed by atoms with Crippen LogP contribution in [0.2, 0.25) is 0 Å². The summed E-state index contributed by atoms with van der Waals surface area (Å²) in [5.41, 5.74) is -0.962. The number of rotatable bonds is 6. The van der Waals surface area contributed by atoms with Gasteiger partial charge in [0.2, 0.25) is 0 Å². The van der Waals surface area contributed by atoms with E-state index >= 15 is 0 Å². The van der Waals surface area contributed by atoms with Gasteiger partial charge in [-0.1, -0.05) is 0 Å². The summed E-state index contributed by atoms with van der Waals surface area (Å²) in [4.78, 5) is 0. The zero-order valence-corrected chi connectivity index (χ0v) is 20.7. The van der Waals surface area contributed by atoms with Crippen molar-refractivity contribution in [3.63, 3.8) is 0 Å². The van der Waals surface area contributed by atoms with Crippen molar-refractivity contribution in [3.8, 4) is 0 Å². The van der Waals surface area contributed by atoms with Gasteiger partial charge in [0.05, 0.1) is 39.4 Å². The molecule has 0 amide bonds. The van der Waals surface area contributed by atoms with Crippen molar-refractivity contribution in [2.24, 2.45) is 0 Å². The molecule has 2 N–H and O–H groups in total. The van der Waals surface area contributed by atoms with E-state index in [4.69, 9.17) is 4.74 Å². The number of ether oxygens (including phenoxy) is 1. The zero-order valence-electron chi connectivity index (χ0n) is 20.7. The summed E-state index contributed by atoms with van der Waals surface area (Å²) in [5, 5.41) is 24.1. The van der Waals surface area contributed by atoms with Crippen LogP contribution in [0.5, 0.6) is 0 Å². The van der Waals surface area contributed by atoms with Gasteiger partial charge in [0.1, 0.15) is 0 Å². The highest BCUT2D eigenvalue weighted by atomic mass is 16.5. The largest absolute Gasteiger partial charge is 0.378 e. The lowest BCUT2D eigenvalue weighted by Gasteiger charge is -2.54. The molecular formula is C23H48N3O3+. The van der Waals surface area contributed by atoms with E-state index in [0.717, 1.165) is 49.7 Å². The molecule has 0 spiro atoms. The van der Waals surface area contributed by atoms with Crippen LogP contribution in [0.4, 0.5) is 0 Å². The smallest absolute Gasteiger partial charge is 0.0923 e. The average Bonchev–Trinajstić information content (AvgIpc) is 2.53. The van der Waals surface area contributed by atoms with E-state index in [1.165, 1.54) is 5.06 Å². The van der Waals surface area contributed by atoms with Crippen LogP contribution in [0, 0.1) is 0 Å². The van der Waals surface area contributed by atoms with Gasteiger partial charge in [0, 0.05) is 41.4 Å². The Morgan fingerprint density at radius 1 is 0.759 bits per heavy atom. The molecule has 2 rings (SSSR count). The first-order chi connectivity index (χ1) is 12.9. The number of hydrogen-bond acceptors (Lipinski definition) is 5. The molecule has 0 unspecified atom stereocenters. The summed E-state index contributed by atoms with van der Waals surface area (Å²) >= 11 is 0. The Labute approximate surface area is 179 Å². The molecule has 6 nitrogen and oxygen atoms in total. The Morgan fingerprint density at radius 3 is 1.55 bits per heavy atom. The summed E-state index contributed by atoms with van der Waals surface area (Å²) in [6.45, 7) is 18.7. The van der Waals surface area contributed by atoms with E-state index in [-0.39, 0.29) is 28.3 Å². The van der Waals surface area contributed by atoms with Gasteiger partial charge in [-0.3, -0.25) is 0 Å². The minimum Gasteiger partial charge on any atom is -0.378 e. The Hall–Kier alpha value is -0.240. The van der Waals surface area contributed by atoms with Gasteiger partial charge in [-0.05, 0) is 68.2 Å². The fraction of sp³-hybridized carbons (Fsp3) is 1.00. The van der Waals surface area contributed by atoms with Gasteiger partial charge >= 0.3 is 0 Å². The first-order valence-electron chi connectivity index (χ1n) is 11.3. The maximum Gasteiger partial charge on any atom is 0.0923 e. The second-order valence-corrected chi connectivity index (χ2v) is 12.7. The summed E-state index contributed by atoms with van der Waals surface area (Å²) < 4.78 is 7.24. The average molecular weight is 415 g/mol. The molecule has 172 valence electrons. The molecule has 0 aromatic carbocycles. The van der Waals surface area contributed by atoms with Crippen LogP contribution in [0.25, 0.3) is 0 Å². The normalized spacial score (nSPS) is 28.6. The highest BCUT2D eigenvalue weighted by Gasteiger charge is 2.50. The van der Waals surface area contributed by atoms with Crippen molar-refractivity contribution in [2.75, 3.05) is 27.2 Å². The Morgan fingerprint density at radius 2 is 1.14 bits per heavy atom. The van der Waals surface area contributed by atoms with Crippen molar-refractivity contribution in [3.05, 3.63) is 0 Å². The van der Waals surface area contributed by atoms with Crippen LogP contribution in [-0.2, 0) is 4.74 Å². The van der Waals surface area contributed by atoms with Gasteiger partial charge < -0.3 is 19.6 Å². The van der Waals surface area contributed by atoms with Gasteiger partial charge in [-0.15, -0.1) is 0 Å². The van der Waals surface area contributed by atoms with Gasteiger partial charge in [-0.25, -0.2) is 0 Å². The molecule has 2 saturated heterocycles. The van der Waals surface area contributed by atoms with Crippen molar-refractivity contribution >= 4 is 0 Å². The van der Waals surface area contributed by atoms with E-state index in [0.29, 0.717) is 6.04 Å². The molecule has 0 atom stereocenters. The minimum atomic E-state index is -0.267. The van der Waals surface area contributed by atoms with Crippen molar-refractivity contribution in [1.29, 1.82) is 0 Å². The molecule has 29 heavy (non-hydrogen) atoms. The molecule has 0 saturated carbocycles. The highest BCUT2D eigenvalue weighted by molar-refractivity contribution is 4.97. The van der Waals surface area contributed by atoms with Gasteiger partial charge in [0.15, 0.2) is 0 Å². The monoisotopic (exact) mass is 414 g/mol. The maximum atomic E-state index is 10.6. The first kappa shape index (κ1) is 25.0. The fourth-order valence-corrected chi connectivity index (χ4v) is 5.91. The van der Waals surface area contributed by atoms with Crippen LogP contribution in [-0.4, -0.2) is 86.6 Å². The summed E-state index contributed by atoms with van der Waals surface area (Å²) in [6, 6.07) is 0.513. The Bertz CT molecular complexity index is 536. The Kier molecular flexibility index (Phi) is 6.93. The predicted octanol–water partition coefficient (Wildman–Crippen LogP) is 4.29. The third-order valence-corrected chi connectivity index (χ3v) is 7.44. The predicted molar refractivity (Wildman–Crippen MR) is 117 cm³/mol. The molecule has 2 fully saturated rings. The van der Waals surface area contributed by atoms with Crippen LogP contribution < -0.4 is 0 Å². The van der Waals surface area contributed by atoms with E-state index in [1.807, 2.05) is 0 Å². The first-order valence-corrected chi connectivity index (χ1v) is 11.3. The summed E-state index contributed by atoms with van der Waals surface area (Å²) in [7, 11) is 4.64. The van der Waals surface area contributed by atoms with E-state index in [2.05, 4.69) is 69.5 Å². The highest BCUT2D eigenvalue weighted by Crippen LogP contribution is 2.40. The van der Waals surface area contributed by atoms with Gasteiger partial charge in [0.25, 0.3) is 0 Å². The topological polar surface area (TPSA) is 56.2 Å². The standard InChI is InChI=1S/C23H48N3O3/c1-20(2)14-18(15-21(3,4)24(20)27)26(9,10)12-11-13-29-19-16-22(5,6)25(28)23(7,8)17-19/h18-19,27-28H,11-17H2,1-10H3/q+1. The number of piperidine rings is 2. The van der Waals surface area contributed by atoms with E-state index in [1.54, 1.807) is 5.06 Å². The quantitative estimate of drug-likeness (QED) is 0.501. The Balaban J connectivity index is 1.88. The minimum absolute atomic E-state index is 0.189. The maximum absolute atomic E-state index is 10.6. The number of nitrogens with zero attached hydrogens (tertiary/aromatic N) is 3. The van der Waals surface area contributed by atoms with E-state index in [9.17, 15) is 10.4 Å². The second-order valence-electron chi connectivity index (χ2n) is 12.7. The number of hydrogen-bond donors (Lipinski definition) is 2. The molecule has 6 heteroatoms. The van der Waals surface area contributed by atoms with Crippen molar-refractivity contribution in [2.45, 2.75) is 122 Å². The van der Waals surface area contributed by atoms with Gasteiger partial charge in [-0.2, -0.15) is 10.1 Å². The van der Waals surface area contributed by atoms with Crippen molar-refractivity contribution < 1.29 is 19.6 Å². The lowest BCUT2D eigenvalue weighted by atomic mass is 9.77. The second kappa shape index (κ2) is 8.03. The summed E-state index contributed by atoms with van der Waals surface area (Å²) in [6.07, 6.45) is 4.88. The van der Waals surface area contributed by atoms with Crippen LogP contribution >= 0.6 is 0 Å². The zero-order chi connectivity index (χ0) is 22.5. The van der Waals surface area contributed by atoms with Crippen LogP contribution in [0.3, 0.4) is 0 Å². The molecule has 0 aliphatic carbocycles. The molecule has 2 aliphatic rings. The lowest BCUT2D eigenvalue weighted by Crippen LogP contribution is -2.66. The molecular weight excluding hydrogens is 366 g/mol. The van der Waals surface area contributed by atoms with Crippen molar-refractivity contribution in [1.82, 2.24) is 10.1 Å². The lowest BCUT2D eigenvalue weighted by molar-refractivity contribution is -0.918.